The van der Waals surface area contributed by atoms with Gasteiger partial charge in [-0.1, -0.05) is 25.4 Å². The summed E-state index contributed by atoms with van der Waals surface area (Å²) in [4.78, 5) is 35.7. The zero-order valence-electron chi connectivity index (χ0n) is 15.6. The van der Waals surface area contributed by atoms with E-state index in [1.165, 1.54) is 0 Å². The number of carboxylic acids is 1. The van der Waals surface area contributed by atoms with Gasteiger partial charge in [0.05, 0.1) is 6.42 Å². The molecule has 0 fully saturated rings. The molecule has 0 aliphatic carbocycles. The average Bonchev–Trinajstić information content (AvgIpc) is 2.89. The maximum atomic E-state index is 12.8. The molecule has 0 bridgehead atoms. The monoisotopic (exact) mass is 393 g/mol. The van der Waals surface area contributed by atoms with E-state index in [-0.39, 0.29) is 30.7 Å². The van der Waals surface area contributed by atoms with Crippen LogP contribution in [0.3, 0.4) is 0 Å². The molecule has 8 heteroatoms. The van der Waals surface area contributed by atoms with Crippen LogP contribution in [0.25, 0.3) is 10.9 Å². The largest absolute Gasteiger partial charge is 0.481 e. The van der Waals surface area contributed by atoms with Crippen LogP contribution in [0.1, 0.15) is 37.2 Å². The number of fused-ring (bicyclic) bond motifs is 1. The van der Waals surface area contributed by atoms with E-state index >= 15 is 0 Å². The first kappa shape index (κ1) is 20.8. The molecule has 2 amide bonds. The lowest BCUT2D eigenvalue weighted by Gasteiger charge is -2.20. The fourth-order valence-electron chi connectivity index (χ4n) is 2.89. The van der Waals surface area contributed by atoms with Crippen LogP contribution in [-0.2, 0) is 16.6 Å². The Labute approximate surface area is 162 Å². The lowest BCUT2D eigenvalue weighted by molar-refractivity contribution is -0.137. The molecular weight excluding hydrogens is 370 g/mol. The van der Waals surface area contributed by atoms with Crippen molar-refractivity contribution in [3.8, 4) is 0 Å². The van der Waals surface area contributed by atoms with Gasteiger partial charge in [0.1, 0.15) is 11.7 Å². The van der Waals surface area contributed by atoms with Crippen molar-refractivity contribution in [3.63, 3.8) is 0 Å². The topological polar surface area (TPSA) is 100 Å². The van der Waals surface area contributed by atoms with Crippen LogP contribution in [0.5, 0.6) is 0 Å². The van der Waals surface area contributed by atoms with Gasteiger partial charge in [-0.25, -0.2) is 0 Å². The number of amides is 2. The van der Waals surface area contributed by atoms with Crippen LogP contribution in [0.2, 0.25) is 5.02 Å². The van der Waals surface area contributed by atoms with Crippen molar-refractivity contribution >= 4 is 40.3 Å². The highest BCUT2D eigenvalue weighted by atomic mass is 35.5. The third kappa shape index (κ3) is 5.47. The molecule has 1 heterocycles. The van der Waals surface area contributed by atoms with E-state index in [1.54, 1.807) is 29.8 Å². The first-order valence-electron chi connectivity index (χ1n) is 8.74. The normalized spacial score (nSPS) is 12.2. The van der Waals surface area contributed by atoms with Crippen molar-refractivity contribution in [2.75, 3.05) is 6.54 Å². The van der Waals surface area contributed by atoms with Crippen molar-refractivity contribution < 1.29 is 19.5 Å². The molecule has 0 saturated carbocycles. The fraction of sp³-hybridized carbons (Fsp3) is 0.421. The van der Waals surface area contributed by atoms with Crippen LogP contribution < -0.4 is 10.6 Å². The Morgan fingerprint density at radius 1 is 1.22 bits per heavy atom. The molecule has 1 atom stereocenters. The summed E-state index contributed by atoms with van der Waals surface area (Å²) in [6.45, 7) is 3.91. The first-order valence-corrected chi connectivity index (χ1v) is 9.12. The van der Waals surface area contributed by atoms with Crippen LogP contribution >= 0.6 is 11.6 Å². The molecule has 2 aromatic rings. The number of nitrogens with zero attached hydrogens (tertiary/aromatic N) is 1. The molecule has 0 aliphatic heterocycles. The van der Waals surface area contributed by atoms with Crippen LogP contribution in [0.15, 0.2) is 24.3 Å². The second-order valence-corrected chi connectivity index (χ2v) is 7.32. The number of hydrogen-bond donors (Lipinski definition) is 3. The molecule has 1 aromatic heterocycles. The molecule has 146 valence electrons. The van der Waals surface area contributed by atoms with Crippen LogP contribution in [0, 0.1) is 5.92 Å². The Morgan fingerprint density at radius 3 is 2.56 bits per heavy atom. The third-order valence-electron chi connectivity index (χ3n) is 4.20. The molecule has 0 unspecified atom stereocenters. The van der Waals surface area contributed by atoms with Gasteiger partial charge in [-0.05, 0) is 36.6 Å². The number of aryl methyl sites for hydroxylation is 1. The van der Waals surface area contributed by atoms with Crippen molar-refractivity contribution in [3.05, 3.63) is 35.0 Å². The summed E-state index contributed by atoms with van der Waals surface area (Å²) in [5.41, 5.74) is 1.27. The second-order valence-electron chi connectivity index (χ2n) is 6.88. The van der Waals surface area contributed by atoms with E-state index in [0.717, 1.165) is 10.9 Å². The number of nitrogens with one attached hydrogen (secondary N) is 2. The minimum absolute atomic E-state index is 0.0190. The summed E-state index contributed by atoms with van der Waals surface area (Å²) in [7, 11) is 1.77. The van der Waals surface area contributed by atoms with Crippen molar-refractivity contribution in [2.24, 2.45) is 13.0 Å². The van der Waals surface area contributed by atoms with Gasteiger partial charge in [-0.2, -0.15) is 0 Å². The molecule has 0 spiro atoms. The lowest BCUT2D eigenvalue weighted by atomic mass is 10.0. The number of aromatic nitrogens is 1. The zero-order valence-corrected chi connectivity index (χ0v) is 16.3. The highest BCUT2D eigenvalue weighted by molar-refractivity contribution is 6.31. The van der Waals surface area contributed by atoms with Crippen molar-refractivity contribution in [1.82, 2.24) is 15.2 Å². The Hall–Kier alpha value is -2.54. The summed E-state index contributed by atoms with van der Waals surface area (Å²) >= 11 is 6.01. The maximum Gasteiger partial charge on any atom is 0.305 e. The SMILES string of the molecule is CC(C)C[C@H](NC(=O)c1cc2cc(Cl)ccc2n1C)C(=O)NCCC(=O)O. The van der Waals surface area contributed by atoms with E-state index in [9.17, 15) is 14.4 Å². The molecule has 0 aliphatic rings. The molecule has 3 N–H and O–H groups in total. The smallest absolute Gasteiger partial charge is 0.305 e. The number of benzene rings is 1. The molecule has 7 nitrogen and oxygen atoms in total. The minimum atomic E-state index is -0.992. The van der Waals surface area contributed by atoms with Gasteiger partial charge >= 0.3 is 5.97 Å². The quantitative estimate of drug-likeness (QED) is 0.641. The van der Waals surface area contributed by atoms with Crippen molar-refractivity contribution in [1.29, 1.82) is 0 Å². The predicted octanol–water partition coefficient (Wildman–Crippen LogP) is 2.57. The van der Waals surface area contributed by atoms with Crippen LogP contribution in [-0.4, -0.2) is 40.0 Å². The van der Waals surface area contributed by atoms with Gasteiger partial charge < -0.3 is 20.3 Å². The maximum absolute atomic E-state index is 12.8. The second kappa shape index (κ2) is 8.90. The Morgan fingerprint density at radius 2 is 1.93 bits per heavy atom. The fourth-order valence-corrected chi connectivity index (χ4v) is 3.07. The van der Waals surface area contributed by atoms with E-state index in [4.69, 9.17) is 16.7 Å². The van der Waals surface area contributed by atoms with E-state index < -0.39 is 12.0 Å². The molecule has 0 radical (unpaired) electrons. The lowest BCUT2D eigenvalue weighted by Crippen LogP contribution is -2.48. The Balaban J connectivity index is 2.16. The standard InChI is InChI=1S/C19H24ClN3O4/c1-11(2)8-14(18(26)21-7-6-17(24)25)22-19(27)16-10-12-9-13(20)4-5-15(12)23(16)3/h4-5,9-11,14H,6-8H2,1-3H3,(H,21,26)(H,22,27)(H,24,25)/t14-/m0/s1. The van der Waals surface area contributed by atoms with Gasteiger partial charge in [0, 0.05) is 29.5 Å². The zero-order chi connectivity index (χ0) is 20.1. The van der Waals surface area contributed by atoms with E-state index in [2.05, 4.69) is 10.6 Å². The summed E-state index contributed by atoms with van der Waals surface area (Å²) in [6, 6.07) is 6.35. The first-order chi connectivity index (χ1) is 12.7. The molecule has 2 rings (SSSR count). The number of hydrogen-bond acceptors (Lipinski definition) is 3. The molecule has 0 saturated heterocycles. The summed E-state index contributed by atoms with van der Waals surface area (Å²) in [5, 5.41) is 15.4. The van der Waals surface area contributed by atoms with E-state index in [1.807, 2.05) is 19.9 Å². The number of carbonyl (C=O) groups excluding carboxylic acids is 2. The summed E-state index contributed by atoms with van der Waals surface area (Å²) < 4.78 is 1.75. The number of carbonyl (C=O) groups is 3. The van der Waals surface area contributed by atoms with Gasteiger partial charge in [0.2, 0.25) is 5.91 Å². The number of halogens is 1. The van der Waals surface area contributed by atoms with Crippen molar-refractivity contribution in [2.45, 2.75) is 32.7 Å². The predicted molar refractivity (Wildman–Crippen MR) is 104 cm³/mol. The highest BCUT2D eigenvalue weighted by Crippen LogP contribution is 2.22. The van der Waals surface area contributed by atoms with E-state index in [0.29, 0.717) is 17.1 Å². The van der Waals surface area contributed by atoms with Gasteiger partial charge in [0.25, 0.3) is 5.91 Å². The molecule has 1 aromatic carbocycles. The van der Waals surface area contributed by atoms with Gasteiger partial charge in [-0.3, -0.25) is 14.4 Å². The van der Waals surface area contributed by atoms with Crippen LogP contribution in [0.4, 0.5) is 0 Å². The number of rotatable bonds is 8. The molecular formula is C19H24ClN3O4. The van der Waals surface area contributed by atoms with Gasteiger partial charge in [0.15, 0.2) is 0 Å². The minimum Gasteiger partial charge on any atom is -0.481 e. The average molecular weight is 394 g/mol. The summed E-state index contributed by atoms with van der Waals surface area (Å²) in [6.07, 6.45) is 0.276. The third-order valence-corrected chi connectivity index (χ3v) is 4.44. The Kier molecular flexibility index (Phi) is 6.85. The van der Waals surface area contributed by atoms with Gasteiger partial charge in [-0.15, -0.1) is 0 Å². The Bertz CT molecular complexity index is 860. The highest BCUT2D eigenvalue weighted by Gasteiger charge is 2.24. The number of carboxylic acid groups (broad SMARTS) is 1. The molecule has 27 heavy (non-hydrogen) atoms. The number of aliphatic carboxylic acids is 1. The summed E-state index contributed by atoms with van der Waals surface area (Å²) in [5.74, 6) is -1.58.